The van der Waals surface area contributed by atoms with E-state index in [1.165, 1.54) is 11.8 Å². The van der Waals surface area contributed by atoms with Crippen LogP contribution in [0.5, 0.6) is 0 Å². The molecule has 0 aliphatic rings. The molecule has 0 saturated carbocycles. The number of nitrogens with zero attached hydrogens (tertiary/aromatic N) is 1. The molecule has 0 unspecified atom stereocenters. The lowest BCUT2D eigenvalue weighted by atomic mass is 10.3. The SMILES string of the molecule is [NH3+][C@@H](CSCc1ccncc1)C(=O)[O-]. The van der Waals surface area contributed by atoms with Crippen molar-refractivity contribution in [3.05, 3.63) is 30.1 Å². The van der Waals surface area contributed by atoms with Gasteiger partial charge in [0.25, 0.3) is 0 Å². The molecule has 0 aromatic carbocycles. The van der Waals surface area contributed by atoms with Crippen LogP contribution < -0.4 is 10.8 Å². The number of quaternary nitrogens is 1. The Morgan fingerprint density at radius 2 is 2.21 bits per heavy atom. The van der Waals surface area contributed by atoms with Gasteiger partial charge >= 0.3 is 0 Å². The fourth-order valence-corrected chi connectivity index (χ4v) is 1.83. The molecule has 4 nitrogen and oxygen atoms in total. The van der Waals surface area contributed by atoms with Crippen molar-refractivity contribution in [3.63, 3.8) is 0 Å². The molecule has 0 saturated heterocycles. The number of carboxylic acid groups (broad SMARTS) is 1. The highest BCUT2D eigenvalue weighted by molar-refractivity contribution is 7.98. The van der Waals surface area contributed by atoms with Gasteiger partial charge < -0.3 is 15.6 Å². The number of carboxylic acids is 1. The molecule has 1 aromatic heterocycles. The van der Waals surface area contributed by atoms with Crippen LogP contribution in [0.15, 0.2) is 24.5 Å². The molecular weight excluding hydrogens is 200 g/mol. The smallest absolute Gasteiger partial charge is 0.134 e. The van der Waals surface area contributed by atoms with Gasteiger partial charge in [-0.3, -0.25) is 4.98 Å². The molecule has 3 N–H and O–H groups in total. The van der Waals surface area contributed by atoms with Gasteiger partial charge in [0, 0.05) is 18.1 Å². The third-order valence-electron chi connectivity index (χ3n) is 1.67. The first-order chi connectivity index (χ1) is 6.70. The van der Waals surface area contributed by atoms with Gasteiger partial charge in [-0.25, -0.2) is 0 Å². The van der Waals surface area contributed by atoms with E-state index in [0.717, 1.165) is 11.3 Å². The second-order valence-electron chi connectivity index (χ2n) is 2.89. The third kappa shape index (κ3) is 3.76. The second kappa shape index (κ2) is 5.62. The van der Waals surface area contributed by atoms with Crippen molar-refractivity contribution in [2.24, 2.45) is 0 Å². The predicted octanol–water partition coefficient (Wildman–Crippen LogP) is -1.32. The fourth-order valence-electron chi connectivity index (χ4n) is 0.866. The zero-order chi connectivity index (χ0) is 10.4. The molecule has 0 radical (unpaired) electrons. The first kappa shape index (κ1) is 11.0. The van der Waals surface area contributed by atoms with Crippen LogP contribution in [0.2, 0.25) is 0 Å². The summed E-state index contributed by atoms with van der Waals surface area (Å²) in [4.78, 5) is 14.2. The molecule has 1 heterocycles. The molecule has 0 aliphatic carbocycles. The van der Waals surface area contributed by atoms with Crippen LogP contribution in [0.3, 0.4) is 0 Å². The Kier molecular flexibility index (Phi) is 4.42. The van der Waals surface area contributed by atoms with Crippen LogP contribution in [0.1, 0.15) is 5.56 Å². The Balaban J connectivity index is 2.26. The molecule has 0 fully saturated rings. The van der Waals surface area contributed by atoms with E-state index >= 15 is 0 Å². The maximum absolute atomic E-state index is 10.3. The Morgan fingerprint density at radius 3 is 2.79 bits per heavy atom. The number of aliphatic carboxylic acids is 1. The van der Waals surface area contributed by atoms with Gasteiger partial charge in [-0.2, -0.15) is 11.8 Å². The highest BCUT2D eigenvalue weighted by atomic mass is 32.2. The molecular formula is C9H12N2O2S. The Bertz CT molecular complexity index is 292. The van der Waals surface area contributed by atoms with E-state index in [0.29, 0.717) is 5.75 Å². The molecule has 0 spiro atoms. The van der Waals surface area contributed by atoms with Gasteiger partial charge in [0.2, 0.25) is 0 Å². The summed E-state index contributed by atoms with van der Waals surface area (Å²) in [7, 11) is 0. The van der Waals surface area contributed by atoms with Crippen molar-refractivity contribution >= 4 is 17.7 Å². The summed E-state index contributed by atoms with van der Waals surface area (Å²) in [6.07, 6.45) is 3.44. The van der Waals surface area contributed by atoms with Crippen LogP contribution in [-0.4, -0.2) is 22.7 Å². The summed E-state index contributed by atoms with van der Waals surface area (Å²) in [5.41, 5.74) is 4.61. The van der Waals surface area contributed by atoms with Gasteiger partial charge in [0.1, 0.15) is 6.04 Å². The van der Waals surface area contributed by atoms with Crippen molar-refractivity contribution in [1.82, 2.24) is 4.98 Å². The van der Waals surface area contributed by atoms with E-state index in [1.54, 1.807) is 12.4 Å². The topological polar surface area (TPSA) is 80.7 Å². The summed E-state index contributed by atoms with van der Waals surface area (Å²) in [5.74, 6) is 0.166. The molecule has 0 bridgehead atoms. The van der Waals surface area contributed by atoms with E-state index in [2.05, 4.69) is 10.7 Å². The minimum Gasteiger partial charge on any atom is -0.544 e. The molecule has 1 aromatic rings. The van der Waals surface area contributed by atoms with Crippen molar-refractivity contribution in [2.75, 3.05) is 5.75 Å². The summed E-state index contributed by atoms with van der Waals surface area (Å²) >= 11 is 1.53. The fraction of sp³-hybridized carbons (Fsp3) is 0.333. The van der Waals surface area contributed by atoms with E-state index in [4.69, 9.17) is 0 Å². The monoisotopic (exact) mass is 212 g/mol. The van der Waals surface area contributed by atoms with E-state index < -0.39 is 12.0 Å². The molecule has 0 aliphatic heterocycles. The van der Waals surface area contributed by atoms with Crippen LogP contribution >= 0.6 is 11.8 Å². The quantitative estimate of drug-likeness (QED) is 0.656. The normalized spacial score (nSPS) is 12.4. The largest absolute Gasteiger partial charge is 0.544 e. The van der Waals surface area contributed by atoms with E-state index in [1.807, 2.05) is 12.1 Å². The van der Waals surface area contributed by atoms with Crippen molar-refractivity contribution in [1.29, 1.82) is 0 Å². The summed E-state index contributed by atoms with van der Waals surface area (Å²) in [5, 5.41) is 10.3. The second-order valence-corrected chi connectivity index (χ2v) is 3.92. The summed E-state index contributed by atoms with van der Waals surface area (Å²) in [6.45, 7) is 0. The minimum absolute atomic E-state index is 0.477. The summed E-state index contributed by atoms with van der Waals surface area (Å²) in [6, 6.07) is 3.18. The zero-order valence-electron chi connectivity index (χ0n) is 7.68. The van der Waals surface area contributed by atoms with Crippen molar-refractivity contribution in [3.8, 4) is 0 Å². The predicted molar refractivity (Wildman–Crippen MR) is 52.1 cm³/mol. The lowest BCUT2D eigenvalue weighted by molar-refractivity contribution is -0.431. The maximum Gasteiger partial charge on any atom is 0.134 e. The lowest BCUT2D eigenvalue weighted by Crippen LogP contribution is -2.69. The number of rotatable bonds is 5. The van der Waals surface area contributed by atoms with Gasteiger partial charge in [-0.05, 0) is 17.7 Å². The van der Waals surface area contributed by atoms with Crippen LogP contribution in [0.4, 0.5) is 0 Å². The van der Waals surface area contributed by atoms with E-state index in [-0.39, 0.29) is 0 Å². The number of hydrogen-bond donors (Lipinski definition) is 1. The lowest BCUT2D eigenvalue weighted by Gasteiger charge is -2.08. The highest BCUT2D eigenvalue weighted by Gasteiger charge is 2.06. The van der Waals surface area contributed by atoms with Crippen molar-refractivity contribution < 1.29 is 15.6 Å². The third-order valence-corrected chi connectivity index (χ3v) is 2.85. The first-order valence-electron chi connectivity index (χ1n) is 4.20. The molecule has 0 amide bonds. The van der Waals surface area contributed by atoms with E-state index in [9.17, 15) is 9.90 Å². The van der Waals surface area contributed by atoms with Gasteiger partial charge in [0.05, 0.1) is 11.7 Å². The number of pyridine rings is 1. The molecule has 1 atom stereocenters. The number of thioether (sulfide) groups is 1. The maximum atomic E-state index is 10.3. The minimum atomic E-state index is -1.09. The first-order valence-corrected chi connectivity index (χ1v) is 5.36. The molecule has 5 heteroatoms. The van der Waals surface area contributed by atoms with Crippen molar-refractivity contribution in [2.45, 2.75) is 11.8 Å². The summed E-state index contributed by atoms with van der Waals surface area (Å²) < 4.78 is 0. The highest BCUT2D eigenvalue weighted by Crippen LogP contribution is 2.10. The van der Waals surface area contributed by atoms with Gasteiger partial charge in [-0.15, -0.1) is 0 Å². The zero-order valence-corrected chi connectivity index (χ0v) is 8.50. The Hall–Kier alpha value is -1.07. The Labute approximate surface area is 86.5 Å². The van der Waals surface area contributed by atoms with Crippen LogP contribution in [0.25, 0.3) is 0 Å². The standard InChI is InChI=1S/C9H12N2O2S/c10-8(9(12)13)6-14-5-7-1-3-11-4-2-7/h1-4,8H,5-6,10H2,(H,12,13)/t8-/m0/s1. The number of hydrogen-bond acceptors (Lipinski definition) is 4. The number of carbonyl (C=O) groups is 1. The molecule has 14 heavy (non-hydrogen) atoms. The average Bonchev–Trinajstić information content (AvgIpc) is 2.19. The molecule has 1 rings (SSSR count). The van der Waals surface area contributed by atoms with Crippen LogP contribution in [0, 0.1) is 0 Å². The molecule has 76 valence electrons. The average molecular weight is 212 g/mol. The van der Waals surface area contributed by atoms with Gasteiger partial charge in [0.15, 0.2) is 0 Å². The Morgan fingerprint density at radius 1 is 1.57 bits per heavy atom. The number of carbonyl (C=O) groups excluding carboxylic acids is 1. The van der Waals surface area contributed by atoms with Crippen LogP contribution in [-0.2, 0) is 10.5 Å². The van der Waals surface area contributed by atoms with Gasteiger partial charge in [-0.1, -0.05) is 0 Å². The number of aromatic nitrogens is 1.